The molecule has 1 aliphatic rings. The molecule has 0 unspecified atom stereocenters. The van der Waals surface area contributed by atoms with Crippen LogP contribution in [0.25, 0.3) is 10.2 Å². The first-order valence-corrected chi connectivity index (χ1v) is 8.78. The van der Waals surface area contributed by atoms with Gasteiger partial charge >= 0.3 is 0 Å². The number of amides is 1. The molecule has 1 N–H and O–H groups in total. The van der Waals surface area contributed by atoms with Crippen molar-refractivity contribution in [2.24, 2.45) is 0 Å². The number of hydrogen-bond acceptors (Lipinski definition) is 4. The van der Waals surface area contributed by atoms with E-state index >= 15 is 0 Å². The molecule has 4 rings (SSSR count). The van der Waals surface area contributed by atoms with Crippen molar-refractivity contribution in [2.45, 2.75) is 19.3 Å². The second kappa shape index (κ2) is 5.87. The summed E-state index contributed by atoms with van der Waals surface area (Å²) >= 11 is 1.31. The number of aromatic amines is 1. The molecule has 0 saturated carbocycles. The average molecular weight is 339 g/mol. The van der Waals surface area contributed by atoms with Gasteiger partial charge in [0.15, 0.2) is 0 Å². The normalized spacial score (nSPS) is 17.5. The van der Waals surface area contributed by atoms with E-state index in [1.807, 2.05) is 30.0 Å². The molecule has 1 aromatic carbocycles. The van der Waals surface area contributed by atoms with Gasteiger partial charge in [-0.3, -0.25) is 9.59 Å². The van der Waals surface area contributed by atoms with Crippen LogP contribution in [-0.4, -0.2) is 33.9 Å². The molecule has 3 heterocycles. The highest BCUT2D eigenvalue weighted by molar-refractivity contribution is 7.20. The van der Waals surface area contributed by atoms with E-state index in [9.17, 15) is 9.59 Å². The topological polar surface area (TPSA) is 66.1 Å². The summed E-state index contributed by atoms with van der Waals surface area (Å²) in [5.74, 6) is 0.389. The van der Waals surface area contributed by atoms with Crippen molar-refractivity contribution in [2.75, 3.05) is 13.1 Å². The van der Waals surface area contributed by atoms with Crippen LogP contribution in [0.3, 0.4) is 0 Å². The molecule has 5 nitrogen and oxygen atoms in total. The fourth-order valence-electron chi connectivity index (χ4n) is 3.37. The van der Waals surface area contributed by atoms with Gasteiger partial charge in [-0.15, -0.1) is 11.3 Å². The molecule has 2 aromatic heterocycles. The van der Waals surface area contributed by atoms with Crippen LogP contribution in [0, 0.1) is 6.92 Å². The predicted octanol–water partition coefficient (Wildman–Crippen LogP) is 2.92. The van der Waals surface area contributed by atoms with Gasteiger partial charge in [-0.2, -0.15) is 0 Å². The van der Waals surface area contributed by atoms with Gasteiger partial charge in [0.2, 0.25) is 0 Å². The lowest BCUT2D eigenvalue weighted by molar-refractivity contribution is 0.0795. The van der Waals surface area contributed by atoms with E-state index in [1.54, 1.807) is 0 Å². The molecule has 1 amide bonds. The van der Waals surface area contributed by atoms with Crippen molar-refractivity contribution >= 4 is 27.5 Å². The Bertz CT molecular complexity index is 961. The van der Waals surface area contributed by atoms with E-state index in [-0.39, 0.29) is 11.5 Å². The predicted molar refractivity (Wildman–Crippen MR) is 94.7 cm³/mol. The van der Waals surface area contributed by atoms with Gasteiger partial charge < -0.3 is 9.88 Å². The third-order valence-electron chi connectivity index (χ3n) is 4.67. The Morgan fingerprint density at radius 2 is 2.12 bits per heavy atom. The van der Waals surface area contributed by atoms with Crippen LogP contribution in [0.1, 0.15) is 33.1 Å². The number of fused-ring (bicyclic) bond motifs is 1. The van der Waals surface area contributed by atoms with Crippen LogP contribution in [0.4, 0.5) is 0 Å². The largest absolute Gasteiger partial charge is 0.337 e. The minimum atomic E-state index is -0.184. The van der Waals surface area contributed by atoms with Gasteiger partial charge in [-0.1, -0.05) is 30.3 Å². The van der Waals surface area contributed by atoms with Crippen molar-refractivity contribution < 1.29 is 4.79 Å². The van der Waals surface area contributed by atoms with Crippen molar-refractivity contribution in [3.8, 4) is 0 Å². The zero-order chi connectivity index (χ0) is 16.7. The maximum Gasteiger partial charge on any atom is 0.264 e. The molecular weight excluding hydrogens is 322 g/mol. The minimum absolute atomic E-state index is 0.00771. The fourth-order valence-corrected chi connectivity index (χ4v) is 4.49. The number of H-pyrrole nitrogens is 1. The van der Waals surface area contributed by atoms with Crippen molar-refractivity contribution in [1.29, 1.82) is 0 Å². The summed E-state index contributed by atoms with van der Waals surface area (Å²) in [7, 11) is 0. The summed E-state index contributed by atoms with van der Waals surface area (Å²) in [6, 6.07) is 10.3. The Morgan fingerprint density at radius 3 is 2.88 bits per heavy atom. The lowest BCUT2D eigenvalue weighted by Gasteiger charge is -2.16. The Kier molecular flexibility index (Phi) is 3.69. The van der Waals surface area contributed by atoms with E-state index in [4.69, 9.17) is 0 Å². The van der Waals surface area contributed by atoms with Gasteiger partial charge in [-0.25, -0.2) is 4.98 Å². The lowest BCUT2D eigenvalue weighted by atomic mass is 9.99. The van der Waals surface area contributed by atoms with Crippen LogP contribution in [0.15, 0.2) is 41.5 Å². The molecule has 0 bridgehead atoms. The van der Waals surface area contributed by atoms with Crippen molar-refractivity contribution in [1.82, 2.24) is 14.9 Å². The summed E-state index contributed by atoms with van der Waals surface area (Å²) in [6.07, 6.45) is 2.36. The molecular formula is C18H17N3O2S. The van der Waals surface area contributed by atoms with Gasteiger partial charge in [0.1, 0.15) is 4.83 Å². The summed E-state index contributed by atoms with van der Waals surface area (Å²) in [6.45, 7) is 3.30. The number of carbonyl (C=O) groups excluding carboxylic acids is 1. The molecule has 1 atom stereocenters. The summed E-state index contributed by atoms with van der Waals surface area (Å²) in [4.78, 5) is 34.8. The number of rotatable bonds is 2. The number of hydrogen-bond donors (Lipinski definition) is 1. The zero-order valence-corrected chi connectivity index (χ0v) is 14.1. The molecule has 3 aromatic rings. The first-order chi connectivity index (χ1) is 11.6. The number of aromatic nitrogens is 2. The highest BCUT2D eigenvalue weighted by Crippen LogP contribution is 2.32. The van der Waals surface area contributed by atoms with E-state index in [0.29, 0.717) is 21.0 Å². The van der Waals surface area contributed by atoms with Crippen LogP contribution in [0.5, 0.6) is 0 Å². The molecule has 1 fully saturated rings. The lowest BCUT2D eigenvalue weighted by Crippen LogP contribution is -2.28. The van der Waals surface area contributed by atoms with E-state index in [1.165, 1.54) is 23.2 Å². The number of benzene rings is 1. The Hall–Kier alpha value is -2.47. The average Bonchev–Trinajstić information content (AvgIpc) is 3.21. The third-order valence-corrected chi connectivity index (χ3v) is 5.86. The quantitative estimate of drug-likeness (QED) is 0.781. The second-order valence-electron chi connectivity index (χ2n) is 6.12. The van der Waals surface area contributed by atoms with E-state index in [2.05, 4.69) is 22.1 Å². The first kappa shape index (κ1) is 15.1. The third kappa shape index (κ3) is 2.43. The van der Waals surface area contributed by atoms with E-state index < -0.39 is 0 Å². The highest BCUT2D eigenvalue weighted by Gasteiger charge is 2.30. The standard InChI is InChI=1S/C18H17N3O2S/c1-11-14-16(22)19-10-20-17(14)24-15(11)18(23)21-8-7-13(9-21)12-5-3-2-4-6-12/h2-6,10,13H,7-9H2,1H3,(H,19,20,22)/t13-/m1/s1. The molecule has 0 spiro atoms. The van der Waals surface area contributed by atoms with Crippen LogP contribution in [-0.2, 0) is 0 Å². The van der Waals surface area contributed by atoms with Crippen LogP contribution >= 0.6 is 11.3 Å². The molecule has 122 valence electrons. The molecule has 6 heteroatoms. The first-order valence-electron chi connectivity index (χ1n) is 7.96. The molecule has 24 heavy (non-hydrogen) atoms. The monoisotopic (exact) mass is 339 g/mol. The fraction of sp³-hybridized carbons (Fsp3) is 0.278. The molecule has 1 aliphatic heterocycles. The zero-order valence-electron chi connectivity index (χ0n) is 13.3. The van der Waals surface area contributed by atoms with Gasteiger partial charge in [0, 0.05) is 19.0 Å². The minimum Gasteiger partial charge on any atom is -0.337 e. The van der Waals surface area contributed by atoms with Crippen molar-refractivity contribution in [3.05, 3.63) is 63.0 Å². The summed E-state index contributed by atoms with van der Waals surface area (Å²) < 4.78 is 0. The smallest absolute Gasteiger partial charge is 0.264 e. The maximum atomic E-state index is 12.9. The SMILES string of the molecule is Cc1c(C(=O)N2CC[C@@H](c3ccccc3)C2)sc2nc[nH]c(=O)c12. The highest BCUT2D eigenvalue weighted by atomic mass is 32.1. The number of aryl methyl sites for hydroxylation is 1. The number of nitrogens with zero attached hydrogens (tertiary/aromatic N) is 2. The van der Waals surface area contributed by atoms with Gasteiger partial charge in [0.05, 0.1) is 16.6 Å². The number of carbonyl (C=O) groups is 1. The second-order valence-corrected chi connectivity index (χ2v) is 7.11. The Balaban J connectivity index is 1.62. The maximum absolute atomic E-state index is 12.9. The van der Waals surface area contributed by atoms with E-state index in [0.717, 1.165) is 25.1 Å². The van der Waals surface area contributed by atoms with Gasteiger partial charge in [-0.05, 0) is 24.5 Å². The molecule has 0 radical (unpaired) electrons. The summed E-state index contributed by atoms with van der Waals surface area (Å²) in [5, 5.41) is 0.532. The molecule has 1 saturated heterocycles. The van der Waals surface area contributed by atoms with Crippen LogP contribution in [0.2, 0.25) is 0 Å². The Labute approximate surface area is 143 Å². The number of nitrogens with one attached hydrogen (secondary N) is 1. The number of thiophene rings is 1. The molecule has 0 aliphatic carbocycles. The number of likely N-dealkylation sites (tertiary alicyclic amines) is 1. The van der Waals surface area contributed by atoms with Crippen molar-refractivity contribution in [3.63, 3.8) is 0 Å². The van der Waals surface area contributed by atoms with Crippen LogP contribution < -0.4 is 5.56 Å². The summed E-state index contributed by atoms with van der Waals surface area (Å²) in [5.41, 5.74) is 1.83. The van der Waals surface area contributed by atoms with Gasteiger partial charge in [0.25, 0.3) is 11.5 Å². The Morgan fingerprint density at radius 1 is 1.33 bits per heavy atom.